The van der Waals surface area contributed by atoms with Gasteiger partial charge in [0.1, 0.15) is 11.6 Å². The molecule has 0 N–H and O–H groups in total. The highest BCUT2D eigenvalue weighted by atomic mass is 32.2. The van der Waals surface area contributed by atoms with Gasteiger partial charge in [0.2, 0.25) is 0 Å². The maximum atomic E-state index is 13.6. The molecule has 0 saturated carbocycles. The van der Waals surface area contributed by atoms with Gasteiger partial charge in [0.05, 0.1) is 23.7 Å². The first-order valence-corrected chi connectivity index (χ1v) is 11.2. The van der Waals surface area contributed by atoms with Crippen molar-refractivity contribution in [2.75, 3.05) is 18.1 Å². The van der Waals surface area contributed by atoms with Crippen LogP contribution in [0, 0.1) is 5.82 Å². The van der Waals surface area contributed by atoms with Crippen molar-refractivity contribution in [3.05, 3.63) is 65.5 Å². The van der Waals surface area contributed by atoms with Crippen LogP contribution in [0.15, 0.2) is 48.5 Å². The second-order valence-corrected chi connectivity index (χ2v) is 9.19. The Bertz CT molecular complexity index is 945. The summed E-state index contributed by atoms with van der Waals surface area (Å²) in [7, 11) is -3.18. The van der Waals surface area contributed by atoms with Crippen LogP contribution in [-0.4, -0.2) is 43.4 Å². The van der Waals surface area contributed by atoms with Crippen molar-refractivity contribution in [3.8, 4) is 5.75 Å². The van der Waals surface area contributed by atoms with E-state index < -0.39 is 21.7 Å². The van der Waals surface area contributed by atoms with E-state index in [0.29, 0.717) is 29.9 Å². The number of hydrogen-bond donors (Lipinski definition) is 0. The number of nitrogens with zero attached hydrogens (tertiary/aromatic N) is 1. The Kier molecular flexibility index (Phi) is 6.34. The maximum Gasteiger partial charge on any atom is 0.258 e. The van der Waals surface area contributed by atoms with Gasteiger partial charge in [0, 0.05) is 12.6 Å². The molecule has 1 fully saturated rings. The number of carbonyl (C=O) groups is 1. The molecule has 7 heteroatoms. The average molecular weight is 405 g/mol. The maximum absolute atomic E-state index is 13.6. The Morgan fingerprint density at radius 2 is 2.00 bits per heavy atom. The Morgan fingerprint density at radius 3 is 2.68 bits per heavy atom. The van der Waals surface area contributed by atoms with Crippen molar-refractivity contribution in [1.82, 2.24) is 4.90 Å². The van der Waals surface area contributed by atoms with E-state index in [0.717, 1.165) is 6.42 Å². The van der Waals surface area contributed by atoms with Crippen LogP contribution in [0.4, 0.5) is 4.39 Å². The average Bonchev–Trinajstić information content (AvgIpc) is 3.03. The van der Waals surface area contributed by atoms with Gasteiger partial charge in [-0.3, -0.25) is 4.79 Å². The van der Waals surface area contributed by atoms with Crippen molar-refractivity contribution in [3.63, 3.8) is 0 Å². The number of ether oxygens (including phenoxy) is 1. The highest BCUT2D eigenvalue weighted by Crippen LogP contribution is 2.26. The summed E-state index contributed by atoms with van der Waals surface area (Å²) in [5, 5.41) is 0. The van der Waals surface area contributed by atoms with Crippen LogP contribution in [0.5, 0.6) is 5.75 Å². The molecular weight excluding hydrogens is 381 g/mol. The number of rotatable bonds is 7. The molecule has 1 aliphatic heterocycles. The fraction of sp³-hybridized carbons (Fsp3) is 0.381. The lowest BCUT2D eigenvalue weighted by molar-refractivity contribution is 0.0676. The SMILES string of the molecule is CCCOc1ccccc1C(=O)N(Cc1cccc(F)c1)[C@@H]1CCS(=O)(=O)C1. The van der Waals surface area contributed by atoms with Crippen LogP contribution < -0.4 is 4.74 Å². The summed E-state index contributed by atoms with van der Waals surface area (Å²) < 4.78 is 43.3. The van der Waals surface area contributed by atoms with E-state index in [-0.39, 0.29) is 24.0 Å². The molecule has 1 saturated heterocycles. The minimum absolute atomic E-state index is 0.0541. The molecule has 0 aromatic heterocycles. The number of hydrogen-bond acceptors (Lipinski definition) is 4. The molecule has 0 radical (unpaired) electrons. The van der Waals surface area contributed by atoms with Crippen LogP contribution in [-0.2, 0) is 16.4 Å². The van der Waals surface area contributed by atoms with Gasteiger partial charge in [0.15, 0.2) is 9.84 Å². The van der Waals surface area contributed by atoms with Gasteiger partial charge in [-0.05, 0) is 42.7 Å². The third-order valence-corrected chi connectivity index (χ3v) is 6.48. The molecule has 1 heterocycles. The van der Waals surface area contributed by atoms with Crippen LogP contribution >= 0.6 is 0 Å². The fourth-order valence-electron chi connectivity index (χ4n) is 3.36. The largest absolute Gasteiger partial charge is 0.493 e. The molecule has 1 aliphatic rings. The molecule has 0 bridgehead atoms. The first kappa shape index (κ1) is 20.3. The number of benzene rings is 2. The number of carbonyl (C=O) groups excluding carboxylic acids is 1. The fourth-order valence-corrected chi connectivity index (χ4v) is 5.09. The number of halogens is 1. The van der Waals surface area contributed by atoms with E-state index in [9.17, 15) is 17.6 Å². The first-order chi connectivity index (χ1) is 13.4. The normalized spacial score (nSPS) is 18.0. The molecule has 0 spiro atoms. The molecule has 2 aromatic carbocycles. The van der Waals surface area contributed by atoms with E-state index in [1.807, 2.05) is 6.92 Å². The zero-order valence-electron chi connectivity index (χ0n) is 15.8. The first-order valence-electron chi connectivity index (χ1n) is 9.37. The Hall–Kier alpha value is -2.41. The molecule has 0 unspecified atom stereocenters. The predicted octanol–water partition coefficient (Wildman–Crippen LogP) is 3.44. The Morgan fingerprint density at radius 1 is 1.21 bits per heavy atom. The van der Waals surface area contributed by atoms with Crippen LogP contribution in [0.2, 0.25) is 0 Å². The predicted molar refractivity (Wildman–Crippen MR) is 106 cm³/mol. The van der Waals surface area contributed by atoms with Crippen LogP contribution in [0.1, 0.15) is 35.7 Å². The Labute approximate surface area is 165 Å². The monoisotopic (exact) mass is 405 g/mol. The van der Waals surface area contributed by atoms with E-state index >= 15 is 0 Å². The van der Waals surface area contributed by atoms with Gasteiger partial charge in [-0.15, -0.1) is 0 Å². The van der Waals surface area contributed by atoms with Crippen LogP contribution in [0.25, 0.3) is 0 Å². The zero-order valence-corrected chi connectivity index (χ0v) is 16.6. The molecule has 3 rings (SSSR count). The van der Waals surface area contributed by atoms with Gasteiger partial charge in [-0.1, -0.05) is 31.2 Å². The topological polar surface area (TPSA) is 63.7 Å². The number of amides is 1. The molecule has 28 heavy (non-hydrogen) atoms. The molecular formula is C21H24FNO4S. The highest BCUT2D eigenvalue weighted by Gasteiger charge is 2.35. The zero-order chi connectivity index (χ0) is 20.1. The summed E-state index contributed by atoms with van der Waals surface area (Å²) >= 11 is 0. The van der Waals surface area contributed by atoms with E-state index in [2.05, 4.69) is 0 Å². The number of para-hydroxylation sites is 1. The summed E-state index contributed by atoms with van der Waals surface area (Å²) in [4.78, 5) is 14.9. The molecule has 1 amide bonds. The second-order valence-electron chi connectivity index (χ2n) is 6.96. The summed E-state index contributed by atoms with van der Waals surface area (Å²) in [5.41, 5.74) is 1.00. The quantitative estimate of drug-likeness (QED) is 0.708. The van der Waals surface area contributed by atoms with Crippen molar-refractivity contribution in [2.24, 2.45) is 0 Å². The van der Waals surface area contributed by atoms with Gasteiger partial charge >= 0.3 is 0 Å². The number of sulfone groups is 1. The van der Waals surface area contributed by atoms with E-state index in [1.165, 1.54) is 17.0 Å². The minimum atomic E-state index is -3.18. The summed E-state index contributed by atoms with van der Waals surface area (Å²) in [6.07, 6.45) is 1.18. The van der Waals surface area contributed by atoms with Gasteiger partial charge < -0.3 is 9.64 Å². The third-order valence-electron chi connectivity index (χ3n) is 4.73. The summed E-state index contributed by atoms with van der Waals surface area (Å²) in [6.45, 7) is 2.59. The Balaban J connectivity index is 1.93. The van der Waals surface area contributed by atoms with Gasteiger partial charge in [-0.2, -0.15) is 0 Å². The third kappa shape index (κ3) is 4.90. The molecule has 2 aromatic rings. The smallest absolute Gasteiger partial charge is 0.258 e. The summed E-state index contributed by atoms with van der Waals surface area (Å²) in [5.74, 6) is -0.252. The molecule has 150 valence electrons. The standard InChI is InChI=1S/C21H24FNO4S/c1-2-11-27-20-9-4-3-8-19(20)21(24)23(18-10-12-28(25,26)15-18)14-16-6-5-7-17(22)13-16/h3-9,13,18H,2,10-12,14-15H2,1H3/t18-/m1/s1. The van der Waals surface area contributed by atoms with Crippen LogP contribution in [0.3, 0.4) is 0 Å². The highest BCUT2D eigenvalue weighted by molar-refractivity contribution is 7.91. The van der Waals surface area contributed by atoms with Gasteiger partial charge in [-0.25, -0.2) is 12.8 Å². The lowest BCUT2D eigenvalue weighted by Crippen LogP contribution is -2.40. The van der Waals surface area contributed by atoms with E-state index in [1.54, 1.807) is 36.4 Å². The minimum Gasteiger partial charge on any atom is -0.493 e. The van der Waals surface area contributed by atoms with Crippen molar-refractivity contribution < 1.29 is 22.3 Å². The molecule has 0 aliphatic carbocycles. The van der Waals surface area contributed by atoms with Crippen molar-refractivity contribution in [1.29, 1.82) is 0 Å². The lowest BCUT2D eigenvalue weighted by atomic mass is 10.1. The molecule has 1 atom stereocenters. The van der Waals surface area contributed by atoms with Crippen molar-refractivity contribution in [2.45, 2.75) is 32.4 Å². The van der Waals surface area contributed by atoms with Gasteiger partial charge in [0.25, 0.3) is 5.91 Å². The molecule has 5 nitrogen and oxygen atoms in total. The van der Waals surface area contributed by atoms with E-state index in [4.69, 9.17) is 4.74 Å². The van der Waals surface area contributed by atoms with Crippen molar-refractivity contribution >= 4 is 15.7 Å². The lowest BCUT2D eigenvalue weighted by Gasteiger charge is -2.29. The second kappa shape index (κ2) is 8.73. The summed E-state index contributed by atoms with van der Waals surface area (Å²) in [6, 6.07) is 12.5.